The van der Waals surface area contributed by atoms with E-state index in [2.05, 4.69) is 23.6 Å². The van der Waals surface area contributed by atoms with Gasteiger partial charge in [-0.2, -0.15) is 0 Å². The van der Waals surface area contributed by atoms with Gasteiger partial charge < -0.3 is 20.8 Å². The average molecular weight is 377 g/mol. The van der Waals surface area contributed by atoms with Crippen LogP contribution in [0.2, 0.25) is 0 Å². The number of carbonyl (C=O) groups is 3. The minimum atomic E-state index is -1.82. The minimum absolute atomic E-state index is 0.0493. The van der Waals surface area contributed by atoms with Gasteiger partial charge in [0.25, 0.3) is 0 Å². The highest BCUT2D eigenvalue weighted by Gasteiger charge is 2.26. The van der Waals surface area contributed by atoms with Crippen LogP contribution in [-0.4, -0.2) is 54.4 Å². The number of amides is 2. The zero-order chi connectivity index (χ0) is 20.0. The SMILES string of the molecule is CCNC(=O)N1CCCc2cc3c(c(C)c21)CCNCC3.O=C(O)C(=O)O. The van der Waals surface area contributed by atoms with Gasteiger partial charge in [0, 0.05) is 13.1 Å². The number of aryl methyl sites for hydroxylation is 1. The Labute approximate surface area is 158 Å². The Morgan fingerprint density at radius 2 is 1.78 bits per heavy atom. The third-order valence-electron chi connectivity index (χ3n) is 4.82. The van der Waals surface area contributed by atoms with Gasteiger partial charge in [0.1, 0.15) is 0 Å². The highest BCUT2D eigenvalue weighted by atomic mass is 16.4. The second-order valence-electron chi connectivity index (χ2n) is 6.60. The van der Waals surface area contributed by atoms with Crippen molar-refractivity contribution in [1.82, 2.24) is 10.6 Å². The van der Waals surface area contributed by atoms with E-state index in [1.807, 2.05) is 11.8 Å². The number of benzene rings is 1. The second-order valence-corrected chi connectivity index (χ2v) is 6.60. The molecule has 0 radical (unpaired) electrons. The van der Waals surface area contributed by atoms with Crippen molar-refractivity contribution in [1.29, 1.82) is 0 Å². The molecule has 3 rings (SSSR count). The molecular formula is C19H27N3O5. The molecule has 8 heteroatoms. The number of hydrogen-bond donors (Lipinski definition) is 4. The number of anilines is 1. The highest BCUT2D eigenvalue weighted by molar-refractivity contribution is 6.27. The summed E-state index contributed by atoms with van der Waals surface area (Å²) in [7, 11) is 0. The predicted octanol–water partition coefficient (Wildman–Crippen LogP) is 1.32. The van der Waals surface area contributed by atoms with Gasteiger partial charge in [-0.15, -0.1) is 0 Å². The molecule has 2 heterocycles. The third kappa shape index (κ3) is 4.97. The average Bonchev–Trinajstić information content (AvgIpc) is 2.87. The molecule has 1 aromatic carbocycles. The standard InChI is InChI=1S/C17H25N3O.C2H2O4/c1-3-19-17(21)20-10-4-5-14-11-13-6-8-18-9-7-15(13)12(2)16(14)20;3-1(4)2(5)6/h11,18H,3-10H2,1-2H3,(H,19,21);(H,3,4)(H,5,6). The van der Waals surface area contributed by atoms with Gasteiger partial charge in [0.2, 0.25) is 0 Å². The molecule has 0 unspecified atom stereocenters. The van der Waals surface area contributed by atoms with E-state index in [1.54, 1.807) is 0 Å². The summed E-state index contributed by atoms with van der Waals surface area (Å²) in [6.07, 6.45) is 4.32. The Morgan fingerprint density at radius 1 is 1.11 bits per heavy atom. The van der Waals surface area contributed by atoms with Crippen molar-refractivity contribution >= 4 is 23.7 Å². The maximum absolute atomic E-state index is 12.4. The fourth-order valence-corrected chi connectivity index (χ4v) is 3.68. The summed E-state index contributed by atoms with van der Waals surface area (Å²) in [4.78, 5) is 32.5. The number of urea groups is 1. The first-order valence-corrected chi connectivity index (χ1v) is 9.23. The number of carbonyl (C=O) groups excluding carboxylic acids is 1. The van der Waals surface area contributed by atoms with E-state index in [9.17, 15) is 4.79 Å². The maximum atomic E-state index is 12.4. The molecule has 27 heavy (non-hydrogen) atoms. The zero-order valence-corrected chi connectivity index (χ0v) is 15.8. The van der Waals surface area contributed by atoms with E-state index in [0.717, 1.165) is 45.3 Å². The lowest BCUT2D eigenvalue weighted by atomic mass is 9.89. The molecule has 0 aromatic heterocycles. The molecule has 2 aliphatic heterocycles. The van der Waals surface area contributed by atoms with Crippen molar-refractivity contribution in [2.24, 2.45) is 0 Å². The molecule has 4 N–H and O–H groups in total. The molecule has 1 aromatic rings. The van der Waals surface area contributed by atoms with Crippen LogP contribution in [0, 0.1) is 6.92 Å². The van der Waals surface area contributed by atoms with Gasteiger partial charge in [0.15, 0.2) is 0 Å². The monoisotopic (exact) mass is 377 g/mol. The summed E-state index contributed by atoms with van der Waals surface area (Å²) in [6.45, 7) is 7.77. The lowest BCUT2D eigenvalue weighted by Crippen LogP contribution is -2.43. The summed E-state index contributed by atoms with van der Waals surface area (Å²) in [5.41, 5.74) is 6.78. The van der Waals surface area contributed by atoms with Gasteiger partial charge in [-0.05, 0) is 74.9 Å². The number of nitrogens with one attached hydrogen (secondary N) is 2. The van der Waals surface area contributed by atoms with Gasteiger partial charge in [-0.3, -0.25) is 4.90 Å². The Morgan fingerprint density at radius 3 is 2.41 bits per heavy atom. The summed E-state index contributed by atoms with van der Waals surface area (Å²) in [5.74, 6) is -3.65. The fourth-order valence-electron chi connectivity index (χ4n) is 3.68. The van der Waals surface area contributed by atoms with E-state index in [4.69, 9.17) is 19.8 Å². The molecule has 0 atom stereocenters. The number of nitrogens with zero attached hydrogens (tertiary/aromatic N) is 1. The molecule has 2 aliphatic rings. The molecule has 148 valence electrons. The summed E-state index contributed by atoms with van der Waals surface area (Å²) >= 11 is 0. The van der Waals surface area contributed by atoms with E-state index in [1.165, 1.54) is 27.9 Å². The fraction of sp³-hybridized carbons (Fsp3) is 0.526. The van der Waals surface area contributed by atoms with E-state index in [0.29, 0.717) is 6.54 Å². The lowest BCUT2D eigenvalue weighted by Gasteiger charge is -2.33. The van der Waals surface area contributed by atoms with Crippen molar-refractivity contribution < 1.29 is 24.6 Å². The molecule has 0 aliphatic carbocycles. The van der Waals surface area contributed by atoms with Gasteiger partial charge >= 0.3 is 18.0 Å². The molecule has 2 amide bonds. The summed E-state index contributed by atoms with van der Waals surface area (Å²) in [5, 5.41) is 21.2. The van der Waals surface area contributed by atoms with E-state index >= 15 is 0 Å². The number of fused-ring (bicyclic) bond motifs is 2. The molecule has 8 nitrogen and oxygen atoms in total. The van der Waals surface area contributed by atoms with Gasteiger partial charge in [0.05, 0.1) is 5.69 Å². The third-order valence-corrected chi connectivity index (χ3v) is 4.82. The van der Waals surface area contributed by atoms with Crippen molar-refractivity contribution in [3.8, 4) is 0 Å². The second kappa shape index (κ2) is 9.36. The van der Waals surface area contributed by atoms with Crippen LogP contribution < -0.4 is 15.5 Å². The Bertz CT molecular complexity index is 721. The van der Waals surface area contributed by atoms with Gasteiger partial charge in [-0.25, -0.2) is 14.4 Å². The van der Waals surface area contributed by atoms with Crippen molar-refractivity contribution in [2.45, 2.75) is 39.5 Å². The van der Waals surface area contributed by atoms with E-state index < -0.39 is 11.9 Å². The predicted molar refractivity (Wildman–Crippen MR) is 101 cm³/mol. The molecular weight excluding hydrogens is 350 g/mol. The summed E-state index contributed by atoms with van der Waals surface area (Å²) < 4.78 is 0. The first kappa shape index (κ1) is 20.7. The van der Waals surface area contributed by atoms with E-state index in [-0.39, 0.29) is 6.03 Å². The van der Waals surface area contributed by atoms with Crippen molar-refractivity contribution in [3.05, 3.63) is 28.3 Å². The first-order valence-electron chi connectivity index (χ1n) is 9.23. The van der Waals surface area contributed by atoms with Crippen molar-refractivity contribution in [3.63, 3.8) is 0 Å². The first-order chi connectivity index (χ1) is 12.9. The highest BCUT2D eigenvalue weighted by Crippen LogP contribution is 2.35. The topological polar surface area (TPSA) is 119 Å². The maximum Gasteiger partial charge on any atom is 0.414 e. The number of hydrogen-bond acceptors (Lipinski definition) is 4. The number of carboxylic acid groups (broad SMARTS) is 2. The molecule has 0 bridgehead atoms. The largest absolute Gasteiger partial charge is 0.473 e. The Hall–Kier alpha value is -2.61. The van der Waals surface area contributed by atoms with Crippen LogP contribution in [0.25, 0.3) is 0 Å². The van der Waals surface area contributed by atoms with Crippen LogP contribution in [0.3, 0.4) is 0 Å². The molecule has 0 fully saturated rings. The number of aliphatic carboxylic acids is 2. The van der Waals surface area contributed by atoms with Crippen LogP contribution >= 0.6 is 0 Å². The summed E-state index contributed by atoms with van der Waals surface area (Å²) in [6, 6.07) is 2.41. The smallest absolute Gasteiger partial charge is 0.414 e. The number of carboxylic acids is 2. The molecule has 0 spiro atoms. The van der Waals surface area contributed by atoms with Crippen LogP contribution in [0.4, 0.5) is 10.5 Å². The van der Waals surface area contributed by atoms with Crippen LogP contribution in [0.1, 0.15) is 35.6 Å². The van der Waals surface area contributed by atoms with Crippen LogP contribution in [0.5, 0.6) is 0 Å². The molecule has 0 saturated carbocycles. The lowest BCUT2D eigenvalue weighted by molar-refractivity contribution is -0.159. The zero-order valence-electron chi connectivity index (χ0n) is 15.8. The quantitative estimate of drug-likeness (QED) is 0.548. The normalized spacial score (nSPS) is 15.4. The Balaban J connectivity index is 0.000000380. The minimum Gasteiger partial charge on any atom is -0.473 e. The number of rotatable bonds is 1. The van der Waals surface area contributed by atoms with Crippen LogP contribution in [-0.2, 0) is 28.9 Å². The van der Waals surface area contributed by atoms with Crippen molar-refractivity contribution in [2.75, 3.05) is 31.1 Å². The van der Waals surface area contributed by atoms with Gasteiger partial charge in [-0.1, -0.05) is 6.07 Å². The molecule has 0 saturated heterocycles. The Kier molecular flexibility index (Phi) is 7.18. The van der Waals surface area contributed by atoms with Crippen LogP contribution in [0.15, 0.2) is 6.07 Å².